The van der Waals surface area contributed by atoms with Crippen molar-refractivity contribution < 1.29 is 4.79 Å². The van der Waals surface area contributed by atoms with Crippen LogP contribution in [0.4, 0.5) is 0 Å². The number of hydrogen-bond acceptors (Lipinski definition) is 4. The lowest BCUT2D eigenvalue weighted by Crippen LogP contribution is -2.40. The van der Waals surface area contributed by atoms with Crippen molar-refractivity contribution in [1.82, 2.24) is 9.88 Å². The van der Waals surface area contributed by atoms with Gasteiger partial charge in [0.25, 0.3) is 0 Å². The van der Waals surface area contributed by atoms with E-state index in [9.17, 15) is 10.1 Å². The van der Waals surface area contributed by atoms with Gasteiger partial charge in [0.15, 0.2) is 0 Å². The van der Waals surface area contributed by atoms with E-state index in [0.717, 1.165) is 36.3 Å². The summed E-state index contributed by atoms with van der Waals surface area (Å²) < 4.78 is 0. The fourth-order valence-corrected chi connectivity index (χ4v) is 3.67. The molecular weight excluding hydrogens is 270 g/mol. The van der Waals surface area contributed by atoms with E-state index in [-0.39, 0.29) is 5.91 Å². The number of carbonyl (C=O) groups is 1. The van der Waals surface area contributed by atoms with E-state index >= 15 is 0 Å². The molecule has 1 fully saturated rings. The van der Waals surface area contributed by atoms with Gasteiger partial charge in [-0.2, -0.15) is 5.26 Å². The SMILES string of the molecule is Cc1ncsc1CN(C)C(=O)C1(C#N)CCCCCC1. The summed E-state index contributed by atoms with van der Waals surface area (Å²) in [7, 11) is 1.80. The second kappa shape index (κ2) is 6.36. The van der Waals surface area contributed by atoms with E-state index in [4.69, 9.17) is 0 Å². The Kier molecular flexibility index (Phi) is 4.77. The van der Waals surface area contributed by atoms with Gasteiger partial charge in [-0.15, -0.1) is 11.3 Å². The monoisotopic (exact) mass is 291 g/mol. The van der Waals surface area contributed by atoms with Crippen molar-refractivity contribution in [2.75, 3.05) is 7.05 Å². The zero-order chi connectivity index (χ0) is 14.6. The molecule has 20 heavy (non-hydrogen) atoms. The van der Waals surface area contributed by atoms with E-state index in [1.807, 2.05) is 6.92 Å². The van der Waals surface area contributed by atoms with Crippen molar-refractivity contribution >= 4 is 17.2 Å². The number of hydrogen-bond donors (Lipinski definition) is 0. The van der Waals surface area contributed by atoms with Gasteiger partial charge in [0.2, 0.25) is 5.91 Å². The smallest absolute Gasteiger partial charge is 0.243 e. The molecule has 0 spiro atoms. The van der Waals surface area contributed by atoms with Crippen molar-refractivity contribution in [3.05, 3.63) is 16.1 Å². The zero-order valence-electron chi connectivity index (χ0n) is 12.2. The van der Waals surface area contributed by atoms with Crippen LogP contribution in [0.5, 0.6) is 0 Å². The minimum absolute atomic E-state index is 0.0188. The molecule has 2 rings (SSSR count). The topological polar surface area (TPSA) is 57.0 Å². The second-order valence-electron chi connectivity index (χ2n) is 5.63. The molecular formula is C15H21N3OS. The largest absolute Gasteiger partial charge is 0.339 e. The molecule has 0 unspecified atom stereocenters. The molecule has 0 radical (unpaired) electrons. The molecule has 0 aliphatic heterocycles. The van der Waals surface area contributed by atoms with E-state index in [1.54, 1.807) is 28.8 Å². The predicted molar refractivity (Wildman–Crippen MR) is 79.1 cm³/mol. The highest BCUT2D eigenvalue weighted by atomic mass is 32.1. The number of aromatic nitrogens is 1. The first-order chi connectivity index (χ1) is 9.59. The Bertz CT molecular complexity index is 509. The van der Waals surface area contributed by atoms with Crippen LogP contribution >= 0.6 is 11.3 Å². The summed E-state index contributed by atoms with van der Waals surface area (Å²) in [5.41, 5.74) is 1.97. The van der Waals surface area contributed by atoms with Gasteiger partial charge >= 0.3 is 0 Å². The second-order valence-corrected chi connectivity index (χ2v) is 6.57. The molecule has 0 N–H and O–H groups in total. The van der Waals surface area contributed by atoms with Gasteiger partial charge in [-0.1, -0.05) is 25.7 Å². The van der Waals surface area contributed by atoms with Crippen molar-refractivity contribution in [2.24, 2.45) is 5.41 Å². The molecule has 0 saturated heterocycles. The van der Waals surface area contributed by atoms with E-state index in [0.29, 0.717) is 19.4 Å². The molecule has 0 aromatic carbocycles. The third kappa shape index (κ3) is 3.01. The summed E-state index contributed by atoms with van der Waals surface area (Å²) in [6, 6.07) is 2.33. The summed E-state index contributed by atoms with van der Waals surface area (Å²) in [5, 5.41) is 9.56. The van der Waals surface area contributed by atoms with Crippen LogP contribution in [0.2, 0.25) is 0 Å². The van der Waals surface area contributed by atoms with Gasteiger partial charge in [0.05, 0.1) is 23.8 Å². The number of nitrogens with zero attached hydrogens (tertiary/aromatic N) is 3. The van der Waals surface area contributed by atoms with Crippen molar-refractivity contribution in [2.45, 2.75) is 52.0 Å². The predicted octanol–water partition coefficient (Wildman–Crippen LogP) is 3.27. The van der Waals surface area contributed by atoms with Crippen LogP contribution in [0.3, 0.4) is 0 Å². The molecule has 5 heteroatoms. The fraction of sp³-hybridized carbons (Fsp3) is 0.667. The number of aryl methyl sites for hydroxylation is 1. The van der Waals surface area contributed by atoms with E-state index in [1.165, 1.54) is 0 Å². The molecule has 1 aromatic heterocycles. The molecule has 1 amide bonds. The Labute approximate surface area is 124 Å². The summed E-state index contributed by atoms with van der Waals surface area (Å²) in [4.78, 5) is 19.7. The molecule has 108 valence electrons. The first-order valence-electron chi connectivity index (χ1n) is 7.15. The van der Waals surface area contributed by atoms with Crippen LogP contribution in [0.1, 0.15) is 49.1 Å². The Hall–Kier alpha value is -1.41. The number of nitriles is 1. The van der Waals surface area contributed by atoms with Crippen LogP contribution in [0, 0.1) is 23.7 Å². The zero-order valence-corrected chi connectivity index (χ0v) is 13.0. The number of thiazole rings is 1. The highest BCUT2D eigenvalue weighted by Gasteiger charge is 2.40. The van der Waals surface area contributed by atoms with E-state index < -0.39 is 5.41 Å². The summed E-state index contributed by atoms with van der Waals surface area (Å²) in [5.74, 6) is -0.0188. The number of rotatable bonds is 3. The molecule has 1 aliphatic rings. The number of amides is 1. The summed E-state index contributed by atoms with van der Waals surface area (Å²) in [6.45, 7) is 2.51. The highest BCUT2D eigenvalue weighted by molar-refractivity contribution is 7.09. The van der Waals surface area contributed by atoms with Crippen LogP contribution in [-0.2, 0) is 11.3 Å². The average Bonchev–Trinajstić information content (AvgIpc) is 2.72. The van der Waals surface area contributed by atoms with Crippen LogP contribution < -0.4 is 0 Å². The van der Waals surface area contributed by atoms with Crippen LogP contribution in [-0.4, -0.2) is 22.8 Å². The van der Waals surface area contributed by atoms with E-state index in [2.05, 4.69) is 11.1 Å². The molecule has 0 atom stereocenters. The van der Waals surface area contributed by atoms with Crippen molar-refractivity contribution in [3.8, 4) is 6.07 Å². The van der Waals surface area contributed by atoms with Gasteiger partial charge in [0.1, 0.15) is 5.41 Å². The molecule has 0 bridgehead atoms. The van der Waals surface area contributed by atoms with Crippen molar-refractivity contribution in [3.63, 3.8) is 0 Å². The lowest BCUT2D eigenvalue weighted by atomic mass is 9.80. The van der Waals surface area contributed by atoms with Gasteiger partial charge < -0.3 is 4.90 Å². The minimum atomic E-state index is -0.802. The number of carbonyl (C=O) groups excluding carboxylic acids is 1. The third-order valence-corrected chi connectivity index (χ3v) is 5.07. The van der Waals surface area contributed by atoms with Crippen LogP contribution in [0.25, 0.3) is 0 Å². The average molecular weight is 291 g/mol. The summed E-state index contributed by atoms with van der Waals surface area (Å²) in [6.07, 6.45) is 5.63. The Morgan fingerprint density at radius 3 is 2.60 bits per heavy atom. The third-order valence-electron chi connectivity index (χ3n) is 4.15. The molecule has 4 nitrogen and oxygen atoms in total. The highest BCUT2D eigenvalue weighted by Crippen LogP contribution is 2.36. The lowest BCUT2D eigenvalue weighted by Gasteiger charge is -2.29. The Balaban J connectivity index is 2.12. The maximum absolute atomic E-state index is 12.7. The molecule has 1 aliphatic carbocycles. The molecule has 1 saturated carbocycles. The Morgan fingerprint density at radius 2 is 2.10 bits per heavy atom. The quantitative estimate of drug-likeness (QED) is 0.803. The first-order valence-corrected chi connectivity index (χ1v) is 8.03. The van der Waals surface area contributed by atoms with Gasteiger partial charge in [-0.25, -0.2) is 4.98 Å². The maximum atomic E-state index is 12.7. The van der Waals surface area contributed by atoms with Crippen molar-refractivity contribution in [1.29, 1.82) is 5.26 Å². The standard InChI is InChI=1S/C15H21N3OS/c1-12-13(20-11-17-12)9-18(2)14(19)15(10-16)7-5-3-4-6-8-15/h11H,3-9H2,1-2H3. The normalized spacial score (nSPS) is 18.1. The van der Waals surface area contributed by atoms with Gasteiger partial charge in [0, 0.05) is 11.9 Å². The Morgan fingerprint density at radius 1 is 1.45 bits per heavy atom. The molecule has 1 aromatic rings. The maximum Gasteiger partial charge on any atom is 0.243 e. The van der Waals surface area contributed by atoms with Gasteiger partial charge in [-0.05, 0) is 19.8 Å². The van der Waals surface area contributed by atoms with Gasteiger partial charge in [-0.3, -0.25) is 4.79 Å². The summed E-state index contributed by atoms with van der Waals surface area (Å²) >= 11 is 1.56. The molecule has 1 heterocycles. The first kappa shape index (κ1) is 15.0. The minimum Gasteiger partial charge on any atom is -0.339 e. The van der Waals surface area contributed by atoms with Crippen LogP contribution in [0.15, 0.2) is 5.51 Å². The lowest BCUT2D eigenvalue weighted by molar-refractivity contribution is -0.138. The fourth-order valence-electron chi connectivity index (χ4n) is 2.84.